The number of piperazine rings is 1. The number of H-pyrrole nitrogens is 1. The van der Waals surface area contributed by atoms with Crippen molar-refractivity contribution < 1.29 is 22.8 Å². The Bertz CT molecular complexity index is 1170. The molecule has 2 saturated heterocycles. The number of benzene rings is 2. The number of hydrogen-bond acceptors (Lipinski definition) is 2. The number of amides is 2. The van der Waals surface area contributed by atoms with Crippen LogP contribution >= 0.6 is 0 Å². The van der Waals surface area contributed by atoms with Crippen molar-refractivity contribution in [1.82, 2.24) is 15.2 Å². The minimum absolute atomic E-state index is 0.106. The van der Waals surface area contributed by atoms with Gasteiger partial charge in [0.15, 0.2) is 0 Å². The van der Waals surface area contributed by atoms with Gasteiger partial charge in [-0.15, -0.1) is 0 Å². The number of rotatable bonds is 3. The Morgan fingerprint density at radius 1 is 1.03 bits per heavy atom. The van der Waals surface area contributed by atoms with Crippen molar-refractivity contribution in [3.63, 3.8) is 0 Å². The van der Waals surface area contributed by atoms with Crippen molar-refractivity contribution in [2.75, 3.05) is 6.54 Å². The van der Waals surface area contributed by atoms with Crippen LogP contribution in [0.15, 0.2) is 48.5 Å². The Morgan fingerprint density at radius 3 is 2.52 bits per heavy atom. The van der Waals surface area contributed by atoms with Gasteiger partial charge in [-0.3, -0.25) is 9.59 Å². The fourth-order valence-corrected chi connectivity index (χ4v) is 4.66. The summed E-state index contributed by atoms with van der Waals surface area (Å²) in [4.78, 5) is 30.4. The van der Waals surface area contributed by atoms with E-state index in [9.17, 15) is 22.8 Å². The van der Waals surface area contributed by atoms with Crippen molar-refractivity contribution in [1.29, 1.82) is 0 Å². The molecular weight excluding hydrogens is 407 g/mol. The lowest BCUT2D eigenvalue weighted by atomic mass is 9.96. The molecule has 0 bridgehead atoms. The van der Waals surface area contributed by atoms with Crippen LogP contribution in [0.25, 0.3) is 22.2 Å². The van der Waals surface area contributed by atoms with Gasteiger partial charge in [0.05, 0.1) is 5.56 Å². The van der Waals surface area contributed by atoms with E-state index < -0.39 is 17.8 Å². The number of fused-ring (bicyclic) bond motifs is 2. The highest BCUT2D eigenvalue weighted by atomic mass is 19.4. The predicted octanol–water partition coefficient (Wildman–Crippen LogP) is 3.89. The second-order valence-electron chi connectivity index (χ2n) is 8.05. The number of para-hydroxylation sites is 1. The number of alkyl halides is 3. The first-order valence-electron chi connectivity index (χ1n) is 10.2. The molecule has 3 aromatic rings. The summed E-state index contributed by atoms with van der Waals surface area (Å²) in [5.74, 6) is -0.247. The lowest BCUT2D eigenvalue weighted by molar-refractivity contribution is -0.146. The van der Waals surface area contributed by atoms with Gasteiger partial charge in [0.1, 0.15) is 12.1 Å². The number of carbonyl (C=O) groups excluding carboxylic acids is 2. The molecule has 5 nitrogen and oxygen atoms in total. The molecule has 0 radical (unpaired) electrons. The number of carbonyl (C=O) groups is 2. The molecule has 2 amide bonds. The molecule has 5 rings (SSSR count). The largest absolute Gasteiger partial charge is 0.416 e. The highest BCUT2D eigenvalue weighted by molar-refractivity contribution is 5.98. The zero-order chi connectivity index (χ0) is 21.8. The predicted molar refractivity (Wildman–Crippen MR) is 109 cm³/mol. The van der Waals surface area contributed by atoms with Gasteiger partial charge in [0.25, 0.3) is 0 Å². The van der Waals surface area contributed by atoms with Gasteiger partial charge >= 0.3 is 6.18 Å². The molecule has 2 aromatic carbocycles. The van der Waals surface area contributed by atoms with Gasteiger partial charge in [-0.2, -0.15) is 13.2 Å². The highest BCUT2D eigenvalue weighted by Gasteiger charge is 2.43. The highest BCUT2D eigenvalue weighted by Crippen LogP contribution is 2.35. The molecule has 0 saturated carbocycles. The van der Waals surface area contributed by atoms with E-state index in [0.29, 0.717) is 24.2 Å². The SMILES string of the molecule is O=C1N[C@@H](Cc2c(-c3ccc(C(F)(F)F)cc3)[nH]c3ccccc23)C(=O)N2CCC[C@@H]12. The maximum Gasteiger partial charge on any atom is 0.416 e. The standard InChI is InChI=1S/C23H20F3N3O2/c24-23(25,26)14-9-7-13(8-10-14)20-16(15-4-1-2-5-17(15)27-20)12-18-22(31)29-11-3-6-19(29)21(30)28-18/h1-2,4-5,7-10,18-19,27H,3,6,11-12H2,(H,28,30)/t18-,19-/m0/s1. The molecule has 0 aliphatic carbocycles. The van der Waals surface area contributed by atoms with E-state index in [1.807, 2.05) is 24.3 Å². The molecule has 2 aliphatic heterocycles. The van der Waals surface area contributed by atoms with Crippen LogP contribution in [0.2, 0.25) is 0 Å². The topological polar surface area (TPSA) is 65.2 Å². The first kappa shape index (κ1) is 19.7. The molecule has 2 fully saturated rings. The molecule has 2 N–H and O–H groups in total. The number of aromatic nitrogens is 1. The van der Waals surface area contributed by atoms with Gasteiger partial charge in [0.2, 0.25) is 11.8 Å². The summed E-state index contributed by atoms with van der Waals surface area (Å²) < 4.78 is 38.9. The third-order valence-corrected chi connectivity index (χ3v) is 6.18. The summed E-state index contributed by atoms with van der Waals surface area (Å²) in [6.07, 6.45) is -2.67. The molecule has 0 spiro atoms. The van der Waals surface area contributed by atoms with Crippen molar-refractivity contribution in [2.45, 2.75) is 37.5 Å². The van der Waals surface area contributed by atoms with E-state index in [0.717, 1.165) is 35.0 Å². The quantitative estimate of drug-likeness (QED) is 0.666. The van der Waals surface area contributed by atoms with Crippen molar-refractivity contribution in [2.24, 2.45) is 0 Å². The van der Waals surface area contributed by atoms with Crippen LogP contribution in [0.1, 0.15) is 24.0 Å². The maximum absolute atomic E-state index is 13.0. The summed E-state index contributed by atoms with van der Waals surface area (Å²) in [6.45, 7) is 0.576. The van der Waals surface area contributed by atoms with E-state index in [1.165, 1.54) is 12.1 Å². The fraction of sp³-hybridized carbons (Fsp3) is 0.304. The molecule has 3 heterocycles. The third-order valence-electron chi connectivity index (χ3n) is 6.18. The number of nitrogens with zero attached hydrogens (tertiary/aromatic N) is 1. The fourth-order valence-electron chi connectivity index (χ4n) is 4.66. The Labute approximate surface area is 176 Å². The number of halogens is 3. The average Bonchev–Trinajstić information content (AvgIpc) is 3.37. The monoisotopic (exact) mass is 427 g/mol. The number of nitrogens with one attached hydrogen (secondary N) is 2. The van der Waals surface area contributed by atoms with Gasteiger partial charge in [-0.25, -0.2) is 0 Å². The zero-order valence-electron chi connectivity index (χ0n) is 16.5. The minimum Gasteiger partial charge on any atom is -0.354 e. The first-order chi connectivity index (χ1) is 14.8. The first-order valence-corrected chi connectivity index (χ1v) is 10.2. The van der Waals surface area contributed by atoms with Crippen LogP contribution in [0.3, 0.4) is 0 Å². The number of hydrogen-bond donors (Lipinski definition) is 2. The second-order valence-corrected chi connectivity index (χ2v) is 8.05. The zero-order valence-corrected chi connectivity index (χ0v) is 16.5. The normalized spacial score (nSPS) is 21.5. The van der Waals surface area contributed by atoms with E-state index in [4.69, 9.17) is 0 Å². The molecule has 1 aromatic heterocycles. The van der Waals surface area contributed by atoms with Crippen LogP contribution < -0.4 is 5.32 Å². The smallest absolute Gasteiger partial charge is 0.354 e. The number of aromatic amines is 1. The van der Waals surface area contributed by atoms with Crippen LogP contribution in [0.4, 0.5) is 13.2 Å². The Balaban J connectivity index is 1.54. The summed E-state index contributed by atoms with van der Waals surface area (Å²) in [6, 6.07) is 11.4. The lowest BCUT2D eigenvalue weighted by Crippen LogP contribution is -2.61. The molecule has 2 aliphatic rings. The van der Waals surface area contributed by atoms with Gasteiger partial charge < -0.3 is 15.2 Å². The molecule has 0 unspecified atom stereocenters. The Hall–Kier alpha value is -3.29. The lowest BCUT2D eigenvalue weighted by Gasteiger charge is -2.34. The summed E-state index contributed by atoms with van der Waals surface area (Å²) in [5, 5.41) is 3.73. The van der Waals surface area contributed by atoms with E-state index in [1.54, 1.807) is 4.90 Å². The molecule has 160 valence electrons. The van der Waals surface area contributed by atoms with E-state index in [-0.39, 0.29) is 24.3 Å². The van der Waals surface area contributed by atoms with Gasteiger partial charge in [-0.05, 0) is 42.2 Å². The van der Waals surface area contributed by atoms with Crippen LogP contribution in [0.5, 0.6) is 0 Å². The van der Waals surface area contributed by atoms with Crippen molar-refractivity contribution >= 4 is 22.7 Å². The molecular formula is C23H20F3N3O2. The summed E-state index contributed by atoms with van der Waals surface area (Å²) in [7, 11) is 0. The van der Waals surface area contributed by atoms with Crippen molar-refractivity contribution in [3.8, 4) is 11.3 Å². The van der Waals surface area contributed by atoms with Crippen LogP contribution in [-0.4, -0.2) is 40.3 Å². The molecule has 8 heteroatoms. The summed E-state index contributed by atoms with van der Waals surface area (Å²) in [5.41, 5.74) is 2.14. The molecule has 2 atom stereocenters. The minimum atomic E-state index is -4.41. The van der Waals surface area contributed by atoms with E-state index in [2.05, 4.69) is 10.3 Å². The average molecular weight is 427 g/mol. The van der Waals surface area contributed by atoms with Crippen molar-refractivity contribution in [3.05, 3.63) is 59.7 Å². The third kappa shape index (κ3) is 3.36. The van der Waals surface area contributed by atoms with Gasteiger partial charge in [0, 0.05) is 29.6 Å². The maximum atomic E-state index is 13.0. The van der Waals surface area contributed by atoms with Crippen LogP contribution in [0, 0.1) is 0 Å². The van der Waals surface area contributed by atoms with Gasteiger partial charge in [-0.1, -0.05) is 30.3 Å². The second kappa shape index (κ2) is 7.14. The Morgan fingerprint density at radius 2 is 1.77 bits per heavy atom. The van der Waals surface area contributed by atoms with E-state index >= 15 is 0 Å². The molecule has 31 heavy (non-hydrogen) atoms. The Kier molecular flexibility index (Phi) is 4.53. The van der Waals surface area contributed by atoms with Crippen LogP contribution in [-0.2, 0) is 22.2 Å². The summed E-state index contributed by atoms with van der Waals surface area (Å²) >= 11 is 0.